The van der Waals surface area contributed by atoms with Crippen molar-refractivity contribution < 1.29 is 0 Å². The van der Waals surface area contributed by atoms with Crippen LogP contribution in [0.4, 0.5) is 11.5 Å². The van der Waals surface area contributed by atoms with Gasteiger partial charge in [-0.15, -0.1) is 0 Å². The first-order valence-corrected chi connectivity index (χ1v) is 6.75. The Labute approximate surface area is 105 Å². The molecule has 0 radical (unpaired) electrons. The average molecular weight is 248 g/mol. The van der Waals surface area contributed by atoms with Gasteiger partial charge in [-0.3, -0.25) is 4.68 Å². The number of aromatic nitrogens is 2. The number of thiophene rings is 1. The molecule has 2 aromatic rings. The SMILES string of the molecule is Cn1cc(N)c(N(Cc2ccsc2)C2CC2)n1. The van der Waals surface area contributed by atoms with Crippen molar-refractivity contribution >= 4 is 22.8 Å². The summed E-state index contributed by atoms with van der Waals surface area (Å²) in [6.07, 6.45) is 4.37. The summed E-state index contributed by atoms with van der Waals surface area (Å²) in [5.74, 6) is 0.932. The van der Waals surface area contributed by atoms with Crippen molar-refractivity contribution in [3.05, 3.63) is 28.6 Å². The van der Waals surface area contributed by atoms with Crippen LogP contribution in [0, 0.1) is 0 Å². The van der Waals surface area contributed by atoms with E-state index in [4.69, 9.17) is 5.73 Å². The van der Waals surface area contributed by atoms with Gasteiger partial charge >= 0.3 is 0 Å². The van der Waals surface area contributed by atoms with Gasteiger partial charge in [0.15, 0.2) is 5.82 Å². The highest BCUT2D eigenvalue weighted by Gasteiger charge is 2.31. The van der Waals surface area contributed by atoms with E-state index in [9.17, 15) is 0 Å². The molecule has 1 aliphatic rings. The van der Waals surface area contributed by atoms with E-state index in [1.54, 1.807) is 16.0 Å². The van der Waals surface area contributed by atoms with Gasteiger partial charge in [0.1, 0.15) is 0 Å². The molecule has 0 aromatic carbocycles. The fourth-order valence-corrected chi connectivity index (χ4v) is 2.72. The standard InChI is InChI=1S/C12H16N4S/c1-15-7-11(13)12(14-15)16(10-2-3-10)6-9-4-5-17-8-9/h4-5,7-8,10H,2-3,6,13H2,1H3. The third kappa shape index (κ3) is 2.15. The van der Waals surface area contributed by atoms with Crippen molar-refractivity contribution in [2.45, 2.75) is 25.4 Å². The van der Waals surface area contributed by atoms with Crippen LogP contribution in [-0.4, -0.2) is 15.8 Å². The Bertz CT molecular complexity index is 499. The Morgan fingerprint density at radius 2 is 2.41 bits per heavy atom. The quantitative estimate of drug-likeness (QED) is 0.902. The molecule has 2 aromatic heterocycles. The van der Waals surface area contributed by atoms with Gasteiger partial charge in [-0.2, -0.15) is 16.4 Å². The fraction of sp³-hybridized carbons (Fsp3) is 0.417. The summed E-state index contributed by atoms with van der Waals surface area (Å²) in [5.41, 5.74) is 8.13. The molecule has 2 heterocycles. The summed E-state index contributed by atoms with van der Waals surface area (Å²) in [7, 11) is 1.91. The Balaban J connectivity index is 1.87. The molecule has 0 amide bonds. The zero-order chi connectivity index (χ0) is 11.8. The summed E-state index contributed by atoms with van der Waals surface area (Å²) in [6.45, 7) is 0.912. The maximum absolute atomic E-state index is 6.01. The van der Waals surface area contributed by atoms with E-state index in [0.717, 1.165) is 18.1 Å². The summed E-state index contributed by atoms with van der Waals surface area (Å²) < 4.78 is 1.79. The van der Waals surface area contributed by atoms with Gasteiger partial charge in [-0.05, 0) is 35.2 Å². The lowest BCUT2D eigenvalue weighted by Crippen LogP contribution is -2.26. The largest absolute Gasteiger partial charge is 0.394 e. The molecule has 1 saturated carbocycles. The highest BCUT2D eigenvalue weighted by molar-refractivity contribution is 7.07. The summed E-state index contributed by atoms with van der Waals surface area (Å²) in [6, 6.07) is 2.78. The van der Waals surface area contributed by atoms with Crippen molar-refractivity contribution in [3.63, 3.8) is 0 Å². The third-order valence-corrected chi connectivity index (χ3v) is 3.76. The molecule has 0 bridgehead atoms. The van der Waals surface area contributed by atoms with Crippen LogP contribution >= 0.6 is 11.3 Å². The second kappa shape index (κ2) is 4.07. The number of hydrogen-bond donors (Lipinski definition) is 1. The summed E-state index contributed by atoms with van der Waals surface area (Å²) in [5, 5.41) is 8.78. The van der Waals surface area contributed by atoms with Crippen LogP contribution in [0.2, 0.25) is 0 Å². The number of hydrogen-bond acceptors (Lipinski definition) is 4. The summed E-state index contributed by atoms with van der Waals surface area (Å²) >= 11 is 1.73. The lowest BCUT2D eigenvalue weighted by atomic mass is 10.3. The molecule has 5 heteroatoms. The van der Waals surface area contributed by atoms with E-state index in [2.05, 4.69) is 26.8 Å². The lowest BCUT2D eigenvalue weighted by molar-refractivity contribution is 0.723. The van der Waals surface area contributed by atoms with Crippen molar-refractivity contribution in [3.8, 4) is 0 Å². The Morgan fingerprint density at radius 1 is 1.59 bits per heavy atom. The van der Waals surface area contributed by atoms with Crippen molar-refractivity contribution in [1.29, 1.82) is 0 Å². The van der Waals surface area contributed by atoms with Crippen LogP contribution in [0.3, 0.4) is 0 Å². The number of rotatable bonds is 4. The van der Waals surface area contributed by atoms with Crippen LogP contribution in [0.15, 0.2) is 23.0 Å². The van der Waals surface area contributed by atoms with Crippen LogP contribution < -0.4 is 10.6 Å². The molecule has 1 fully saturated rings. The number of aryl methyl sites for hydroxylation is 1. The van der Waals surface area contributed by atoms with Crippen LogP contribution in [-0.2, 0) is 13.6 Å². The van der Waals surface area contributed by atoms with Crippen molar-refractivity contribution in [2.75, 3.05) is 10.6 Å². The predicted molar refractivity (Wildman–Crippen MR) is 71.1 cm³/mol. The van der Waals surface area contributed by atoms with E-state index in [-0.39, 0.29) is 0 Å². The molecule has 0 aliphatic heterocycles. The minimum Gasteiger partial charge on any atom is -0.394 e. The molecule has 1 aliphatic carbocycles. The van der Waals surface area contributed by atoms with E-state index < -0.39 is 0 Å². The number of nitrogens with zero attached hydrogens (tertiary/aromatic N) is 3. The highest BCUT2D eigenvalue weighted by atomic mass is 32.1. The minimum atomic E-state index is 0.618. The van der Waals surface area contributed by atoms with E-state index in [1.807, 2.05) is 13.2 Å². The first kappa shape index (κ1) is 10.7. The van der Waals surface area contributed by atoms with E-state index >= 15 is 0 Å². The average Bonchev–Trinajstić information content (AvgIpc) is 2.90. The van der Waals surface area contributed by atoms with Crippen LogP contribution in [0.5, 0.6) is 0 Å². The molecule has 0 unspecified atom stereocenters. The first-order valence-electron chi connectivity index (χ1n) is 5.81. The van der Waals surface area contributed by atoms with Gasteiger partial charge in [0.2, 0.25) is 0 Å². The molecule has 0 saturated heterocycles. The summed E-state index contributed by atoms with van der Waals surface area (Å²) in [4.78, 5) is 2.33. The van der Waals surface area contributed by atoms with Gasteiger partial charge in [-0.1, -0.05) is 0 Å². The topological polar surface area (TPSA) is 47.1 Å². The smallest absolute Gasteiger partial charge is 0.174 e. The molecule has 0 spiro atoms. The zero-order valence-corrected chi connectivity index (χ0v) is 10.7. The van der Waals surface area contributed by atoms with Gasteiger partial charge in [0, 0.05) is 25.8 Å². The fourth-order valence-electron chi connectivity index (χ4n) is 2.06. The molecule has 3 rings (SSSR count). The van der Waals surface area contributed by atoms with Crippen LogP contribution in [0.1, 0.15) is 18.4 Å². The predicted octanol–water partition coefficient (Wildman–Crippen LogP) is 2.23. The van der Waals surface area contributed by atoms with Crippen molar-refractivity contribution in [2.24, 2.45) is 7.05 Å². The molecular weight excluding hydrogens is 232 g/mol. The monoisotopic (exact) mass is 248 g/mol. The molecule has 4 nitrogen and oxygen atoms in total. The number of anilines is 2. The molecule has 17 heavy (non-hydrogen) atoms. The molecule has 2 N–H and O–H groups in total. The van der Waals surface area contributed by atoms with E-state index in [1.165, 1.54) is 18.4 Å². The Morgan fingerprint density at radius 3 is 2.94 bits per heavy atom. The minimum absolute atomic E-state index is 0.618. The molecule has 0 atom stereocenters. The first-order chi connectivity index (χ1) is 8.24. The van der Waals surface area contributed by atoms with Crippen LogP contribution in [0.25, 0.3) is 0 Å². The Hall–Kier alpha value is -1.49. The molecular formula is C12H16N4S. The van der Waals surface area contributed by atoms with Gasteiger partial charge in [0.05, 0.1) is 5.69 Å². The highest BCUT2D eigenvalue weighted by Crippen LogP contribution is 2.35. The second-order valence-electron chi connectivity index (χ2n) is 4.57. The van der Waals surface area contributed by atoms with Gasteiger partial charge in [-0.25, -0.2) is 0 Å². The maximum atomic E-state index is 6.01. The van der Waals surface area contributed by atoms with E-state index in [0.29, 0.717) is 6.04 Å². The Kier molecular flexibility index (Phi) is 2.55. The number of nitrogen functional groups attached to an aromatic ring is 1. The lowest BCUT2D eigenvalue weighted by Gasteiger charge is -2.22. The number of nitrogens with two attached hydrogens (primary N) is 1. The van der Waals surface area contributed by atoms with Crippen molar-refractivity contribution in [1.82, 2.24) is 9.78 Å². The normalized spacial score (nSPS) is 15.1. The van der Waals surface area contributed by atoms with Gasteiger partial charge < -0.3 is 10.6 Å². The second-order valence-corrected chi connectivity index (χ2v) is 5.35. The zero-order valence-electron chi connectivity index (χ0n) is 9.84. The third-order valence-electron chi connectivity index (χ3n) is 3.03. The molecule has 90 valence electrons. The van der Waals surface area contributed by atoms with Gasteiger partial charge in [0.25, 0.3) is 0 Å². The maximum Gasteiger partial charge on any atom is 0.174 e.